The molecular formula is C12H10N2O2S. The highest BCUT2D eigenvalue weighted by Crippen LogP contribution is 2.40. The molecule has 0 fully saturated rings. The summed E-state index contributed by atoms with van der Waals surface area (Å²) in [7, 11) is 1.65. The third-order valence-electron chi connectivity index (χ3n) is 2.68. The van der Waals surface area contributed by atoms with E-state index in [4.69, 9.17) is 15.0 Å². The van der Waals surface area contributed by atoms with Crippen LogP contribution in [0.15, 0.2) is 34.3 Å². The van der Waals surface area contributed by atoms with Crippen molar-refractivity contribution in [3.05, 3.63) is 29.8 Å². The van der Waals surface area contributed by atoms with Crippen LogP contribution in [0.1, 0.15) is 0 Å². The Balaban J connectivity index is 2.33. The molecule has 0 amide bonds. The number of hydrogen-bond acceptors (Lipinski definition) is 5. The molecule has 0 radical (unpaired) electrons. The van der Waals surface area contributed by atoms with Gasteiger partial charge >= 0.3 is 0 Å². The summed E-state index contributed by atoms with van der Waals surface area (Å²) < 4.78 is 11.5. The normalized spacial score (nSPS) is 10.9. The minimum absolute atomic E-state index is 0.304. The number of rotatable bonds is 2. The van der Waals surface area contributed by atoms with Crippen LogP contribution in [0.5, 0.6) is 5.75 Å². The Morgan fingerprint density at radius 2 is 2.18 bits per heavy atom. The summed E-state index contributed by atoms with van der Waals surface area (Å²) in [4.78, 5) is 0. The number of benzene rings is 1. The number of anilines is 1. The molecule has 0 unspecified atom stereocenters. The monoisotopic (exact) mass is 246 g/mol. The Labute approximate surface area is 102 Å². The van der Waals surface area contributed by atoms with Gasteiger partial charge in [-0.05, 0) is 23.6 Å². The van der Waals surface area contributed by atoms with E-state index < -0.39 is 0 Å². The maximum Gasteiger partial charge on any atom is 0.230 e. The Morgan fingerprint density at radius 3 is 2.88 bits per heavy atom. The predicted molar refractivity (Wildman–Crippen MR) is 68.3 cm³/mol. The van der Waals surface area contributed by atoms with Crippen LogP contribution in [0.25, 0.3) is 21.2 Å². The molecule has 0 aliphatic carbocycles. The molecule has 0 atom stereocenters. The van der Waals surface area contributed by atoms with E-state index in [1.54, 1.807) is 24.6 Å². The summed E-state index contributed by atoms with van der Waals surface area (Å²) in [6.07, 6.45) is 1.60. The summed E-state index contributed by atoms with van der Waals surface area (Å²) in [6, 6.07) is 6.05. The van der Waals surface area contributed by atoms with Crippen molar-refractivity contribution >= 4 is 27.3 Å². The molecule has 0 bridgehead atoms. The van der Waals surface area contributed by atoms with Crippen molar-refractivity contribution in [3.8, 4) is 16.9 Å². The highest BCUT2D eigenvalue weighted by molar-refractivity contribution is 7.17. The SMILES string of the molecule is COc1c(-c2cnoc2N)ccc2sccc12. The highest BCUT2D eigenvalue weighted by atomic mass is 32.1. The summed E-state index contributed by atoms with van der Waals surface area (Å²) in [6.45, 7) is 0. The topological polar surface area (TPSA) is 61.3 Å². The molecule has 0 aliphatic heterocycles. The molecule has 2 heterocycles. The van der Waals surface area contributed by atoms with Gasteiger partial charge in [-0.1, -0.05) is 5.16 Å². The van der Waals surface area contributed by atoms with E-state index >= 15 is 0 Å². The second kappa shape index (κ2) is 3.78. The van der Waals surface area contributed by atoms with Gasteiger partial charge in [0.05, 0.1) is 18.9 Å². The van der Waals surface area contributed by atoms with Crippen molar-refractivity contribution in [1.29, 1.82) is 0 Å². The van der Waals surface area contributed by atoms with Crippen molar-refractivity contribution in [2.45, 2.75) is 0 Å². The number of nitrogens with zero attached hydrogens (tertiary/aromatic N) is 1. The number of hydrogen-bond donors (Lipinski definition) is 1. The lowest BCUT2D eigenvalue weighted by molar-refractivity contribution is 0.421. The number of fused-ring (bicyclic) bond motifs is 1. The summed E-state index contributed by atoms with van der Waals surface area (Å²) >= 11 is 1.68. The predicted octanol–water partition coefficient (Wildman–Crippen LogP) is 3.15. The molecule has 3 rings (SSSR count). The van der Waals surface area contributed by atoms with Gasteiger partial charge in [0.25, 0.3) is 0 Å². The molecule has 0 saturated heterocycles. The standard InChI is InChI=1S/C12H10N2O2S/c1-15-11-7(9-6-14-16-12(9)13)2-3-10-8(11)4-5-17-10/h2-6H,13H2,1H3. The quantitative estimate of drug-likeness (QED) is 0.754. The molecule has 86 valence electrons. The van der Waals surface area contributed by atoms with E-state index in [0.29, 0.717) is 5.88 Å². The van der Waals surface area contributed by atoms with E-state index in [0.717, 1.165) is 22.3 Å². The van der Waals surface area contributed by atoms with Gasteiger partial charge in [0.1, 0.15) is 5.75 Å². The third-order valence-corrected chi connectivity index (χ3v) is 3.56. The van der Waals surface area contributed by atoms with Crippen LogP contribution >= 0.6 is 11.3 Å². The van der Waals surface area contributed by atoms with E-state index in [2.05, 4.69) is 5.16 Å². The molecule has 0 spiro atoms. The molecule has 3 aromatic rings. The van der Waals surface area contributed by atoms with E-state index in [1.165, 1.54) is 4.70 Å². The fraction of sp³-hybridized carbons (Fsp3) is 0.0833. The van der Waals surface area contributed by atoms with Gasteiger partial charge < -0.3 is 15.0 Å². The number of methoxy groups -OCH3 is 1. The van der Waals surface area contributed by atoms with Gasteiger partial charge in [-0.25, -0.2) is 0 Å². The molecule has 0 aliphatic rings. The summed E-state index contributed by atoms with van der Waals surface area (Å²) in [5.41, 5.74) is 7.39. The molecule has 2 aromatic heterocycles. The van der Waals surface area contributed by atoms with Gasteiger partial charge in [0.2, 0.25) is 5.88 Å². The molecule has 5 heteroatoms. The molecule has 4 nitrogen and oxygen atoms in total. The minimum Gasteiger partial charge on any atom is -0.495 e. The number of nitrogen functional groups attached to an aromatic ring is 1. The van der Waals surface area contributed by atoms with Crippen molar-refractivity contribution in [1.82, 2.24) is 5.16 Å². The second-order valence-electron chi connectivity index (χ2n) is 3.58. The second-order valence-corrected chi connectivity index (χ2v) is 4.53. The van der Waals surface area contributed by atoms with Gasteiger partial charge in [0.15, 0.2) is 0 Å². The van der Waals surface area contributed by atoms with E-state index in [9.17, 15) is 0 Å². The zero-order valence-corrected chi connectivity index (χ0v) is 9.95. The van der Waals surface area contributed by atoms with Crippen LogP contribution in [-0.4, -0.2) is 12.3 Å². The van der Waals surface area contributed by atoms with Gasteiger partial charge in [-0.15, -0.1) is 11.3 Å². The van der Waals surface area contributed by atoms with Crippen LogP contribution in [-0.2, 0) is 0 Å². The van der Waals surface area contributed by atoms with E-state index in [1.807, 2.05) is 23.6 Å². The minimum atomic E-state index is 0.304. The lowest BCUT2D eigenvalue weighted by Gasteiger charge is -2.08. The van der Waals surface area contributed by atoms with Gasteiger partial charge in [0, 0.05) is 15.6 Å². The largest absolute Gasteiger partial charge is 0.495 e. The van der Waals surface area contributed by atoms with Gasteiger partial charge in [-0.3, -0.25) is 0 Å². The van der Waals surface area contributed by atoms with Crippen LogP contribution in [0.2, 0.25) is 0 Å². The molecule has 0 saturated carbocycles. The van der Waals surface area contributed by atoms with E-state index in [-0.39, 0.29) is 0 Å². The highest BCUT2D eigenvalue weighted by Gasteiger charge is 2.15. The first-order chi connectivity index (χ1) is 8.31. The number of thiophene rings is 1. The van der Waals surface area contributed by atoms with Crippen LogP contribution < -0.4 is 10.5 Å². The van der Waals surface area contributed by atoms with Crippen LogP contribution in [0.4, 0.5) is 5.88 Å². The van der Waals surface area contributed by atoms with Crippen LogP contribution in [0, 0.1) is 0 Å². The molecule has 1 aromatic carbocycles. The molecular weight excluding hydrogens is 236 g/mol. The smallest absolute Gasteiger partial charge is 0.230 e. The van der Waals surface area contributed by atoms with Crippen molar-refractivity contribution in [2.75, 3.05) is 12.8 Å². The number of ether oxygens (including phenoxy) is 1. The maximum atomic E-state index is 5.73. The molecule has 2 N–H and O–H groups in total. The molecule has 17 heavy (non-hydrogen) atoms. The fourth-order valence-corrected chi connectivity index (χ4v) is 2.69. The third kappa shape index (κ3) is 1.47. The lowest BCUT2D eigenvalue weighted by Crippen LogP contribution is -1.90. The average molecular weight is 246 g/mol. The summed E-state index contributed by atoms with van der Waals surface area (Å²) in [5, 5.41) is 6.80. The Morgan fingerprint density at radius 1 is 1.29 bits per heavy atom. The van der Waals surface area contributed by atoms with Crippen molar-refractivity contribution < 1.29 is 9.26 Å². The zero-order chi connectivity index (χ0) is 11.8. The van der Waals surface area contributed by atoms with Crippen molar-refractivity contribution in [3.63, 3.8) is 0 Å². The number of aromatic nitrogens is 1. The zero-order valence-electron chi connectivity index (χ0n) is 9.14. The Kier molecular flexibility index (Phi) is 2.26. The first kappa shape index (κ1) is 10.2. The van der Waals surface area contributed by atoms with Gasteiger partial charge in [-0.2, -0.15) is 0 Å². The lowest BCUT2D eigenvalue weighted by atomic mass is 10.1. The fourth-order valence-electron chi connectivity index (χ4n) is 1.90. The van der Waals surface area contributed by atoms with Crippen LogP contribution in [0.3, 0.4) is 0 Å². The average Bonchev–Trinajstić information content (AvgIpc) is 2.95. The Bertz CT molecular complexity index is 672. The maximum absolute atomic E-state index is 5.73. The number of nitrogens with two attached hydrogens (primary N) is 1. The summed E-state index contributed by atoms with van der Waals surface area (Å²) in [5.74, 6) is 1.11. The first-order valence-electron chi connectivity index (χ1n) is 5.06. The first-order valence-corrected chi connectivity index (χ1v) is 5.94. The Hall–Kier alpha value is -2.01. The van der Waals surface area contributed by atoms with Crippen molar-refractivity contribution in [2.24, 2.45) is 0 Å².